The number of unbranched alkanes of at least 4 members (excludes halogenated alkanes) is 40. The molecule has 0 aliphatic rings. The number of esters is 3. The molecule has 0 aromatic rings. The summed E-state index contributed by atoms with van der Waals surface area (Å²) in [5, 5.41) is 0. The molecule has 0 aliphatic carbocycles. The average Bonchev–Trinajstić information content (AvgIpc) is 3.39. The van der Waals surface area contributed by atoms with Crippen LogP contribution in [0.3, 0.4) is 0 Å². The summed E-state index contributed by atoms with van der Waals surface area (Å²) in [6.07, 6.45) is 77.4. The summed E-state index contributed by atoms with van der Waals surface area (Å²) in [5.74, 6) is -0.855. The molecule has 1 atom stereocenters. The molecule has 0 saturated carbocycles. The molecule has 6 heteroatoms. The molecule has 0 radical (unpaired) electrons. The van der Waals surface area contributed by atoms with Gasteiger partial charge in [-0.05, 0) is 57.8 Å². The largest absolute Gasteiger partial charge is 0.462 e. The van der Waals surface area contributed by atoms with Crippen molar-refractivity contribution in [3.8, 4) is 0 Å². The van der Waals surface area contributed by atoms with E-state index in [9.17, 15) is 14.4 Å². The van der Waals surface area contributed by atoms with Gasteiger partial charge in [0.15, 0.2) is 6.10 Å². The molecule has 0 rings (SSSR count). The van der Waals surface area contributed by atoms with Crippen LogP contribution < -0.4 is 0 Å². The first kappa shape index (κ1) is 70.4. The number of hydrogen-bond acceptors (Lipinski definition) is 6. The quantitative estimate of drug-likeness (QED) is 0.0261. The molecule has 0 saturated heterocycles. The molecule has 0 aliphatic heterocycles. The molecule has 0 N–H and O–H groups in total. The van der Waals surface area contributed by atoms with E-state index in [4.69, 9.17) is 14.2 Å². The molecule has 0 aromatic carbocycles. The summed E-state index contributed by atoms with van der Waals surface area (Å²) in [7, 11) is 0. The average molecular weight is 1020 g/mol. The first-order valence-electron chi connectivity index (χ1n) is 32.1. The maximum Gasteiger partial charge on any atom is 0.306 e. The van der Waals surface area contributed by atoms with Crippen molar-refractivity contribution in [1.82, 2.24) is 0 Å². The lowest BCUT2D eigenvalue weighted by Crippen LogP contribution is -2.30. The zero-order valence-corrected chi connectivity index (χ0v) is 48.9. The van der Waals surface area contributed by atoms with Gasteiger partial charge in [0.2, 0.25) is 0 Å². The summed E-state index contributed by atoms with van der Waals surface area (Å²) in [4.78, 5) is 38.0. The second-order valence-corrected chi connectivity index (χ2v) is 21.7. The maximum absolute atomic E-state index is 12.8. The smallest absolute Gasteiger partial charge is 0.306 e. The minimum absolute atomic E-state index is 0.0669. The van der Waals surface area contributed by atoms with E-state index < -0.39 is 6.10 Å². The fourth-order valence-corrected chi connectivity index (χ4v) is 9.56. The Labute approximate surface area is 454 Å². The second-order valence-electron chi connectivity index (χ2n) is 21.7. The van der Waals surface area contributed by atoms with Crippen molar-refractivity contribution in [2.24, 2.45) is 0 Å². The van der Waals surface area contributed by atoms with Gasteiger partial charge >= 0.3 is 17.9 Å². The third-order valence-electron chi connectivity index (χ3n) is 14.3. The maximum atomic E-state index is 12.8. The minimum Gasteiger partial charge on any atom is -0.462 e. The molecule has 73 heavy (non-hydrogen) atoms. The van der Waals surface area contributed by atoms with Crippen molar-refractivity contribution in [2.75, 3.05) is 13.2 Å². The van der Waals surface area contributed by atoms with Crippen molar-refractivity contribution in [2.45, 2.75) is 348 Å². The molecule has 6 nitrogen and oxygen atoms in total. The first-order valence-corrected chi connectivity index (χ1v) is 32.1. The van der Waals surface area contributed by atoms with Gasteiger partial charge in [-0.1, -0.05) is 313 Å². The molecule has 426 valence electrons. The number of carbonyl (C=O) groups excluding carboxylic acids is 3. The highest BCUT2D eigenvalue weighted by atomic mass is 16.6. The van der Waals surface area contributed by atoms with Gasteiger partial charge in [0.1, 0.15) is 13.2 Å². The van der Waals surface area contributed by atoms with Gasteiger partial charge in [-0.2, -0.15) is 0 Å². The normalized spacial score (nSPS) is 12.3. The molecule has 0 amide bonds. The molecule has 0 heterocycles. The Morgan fingerprint density at radius 2 is 0.534 bits per heavy atom. The van der Waals surface area contributed by atoms with E-state index in [1.54, 1.807) is 0 Å². The first-order chi connectivity index (χ1) is 36.0. The van der Waals surface area contributed by atoms with E-state index in [0.717, 1.165) is 83.5 Å². The van der Waals surface area contributed by atoms with Crippen LogP contribution in [0.4, 0.5) is 0 Å². The van der Waals surface area contributed by atoms with E-state index in [0.29, 0.717) is 19.3 Å². The lowest BCUT2D eigenvalue weighted by molar-refractivity contribution is -0.167. The Morgan fingerprint density at radius 3 is 0.836 bits per heavy atom. The third kappa shape index (κ3) is 60.1. The highest BCUT2D eigenvalue weighted by molar-refractivity contribution is 5.71. The Balaban J connectivity index is 3.97. The Kier molecular flexibility index (Phi) is 59.7. The lowest BCUT2D eigenvalue weighted by atomic mass is 10.0. The van der Waals surface area contributed by atoms with Crippen LogP contribution in [-0.4, -0.2) is 37.2 Å². The van der Waals surface area contributed by atoms with Crippen molar-refractivity contribution in [3.05, 3.63) is 48.6 Å². The van der Waals surface area contributed by atoms with Crippen LogP contribution in [-0.2, 0) is 28.6 Å². The summed E-state index contributed by atoms with van der Waals surface area (Å²) in [6, 6.07) is 0. The van der Waals surface area contributed by atoms with Crippen molar-refractivity contribution in [1.29, 1.82) is 0 Å². The Bertz CT molecular complexity index is 1270. The highest BCUT2D eigenvalue weighted by Gasteiger charge is 2.19. The molecule has 0 bridgehead atoms. The zero-order chi connectivity index (χ0) is 52.9. The topological polar surface area (TPSA) is 78.9 Å². The van der Waals surface area contributed by atoms with Gasteiger partial charge < -0.3 is 14.2 Å². The van der Waals surface area contributed by atoms with Gasteiger partial charge in [-0.25, -0.2) is 0 Å². The highest BCUT2D eigenvalue weighted by Crippen LogP contribution is 2.18. The van der Waals surface area contributed by atoms with Crippen LogP contribution in [0.5, 0.6) is 0 Å². The molecular formula is C67H122O6. The number of rotatable bonds is 59. The van der Waals surface area contributed by atoms with E-state index in [2.05, 4.69) is 69.4 Å². The predicted molar refractivity (Wildman–Crippen MR) is 316 cm³/mol. The minimum atomic E-state index is -0.765. The molecular weight excluding hydrogens is 901 g/mol. The van der Waals surface area contributed by atoms with Crippen LogP contribution in [0.15, 0.2) is 48.6 Å². The Hall–Kier alpha value is -2.63. The number of allylic oxidation sites excluding steroid dienone is 8. The summed E-state index contributed by atoms with van der Waals surface area (Å²) in [5.41, 5.74) is 0. The SMILES string of the molecule is CC/C=C\C/C=C\C/C=C\C/C=C\CCCCCCCCCCCCCCCCCCCCC(=O)OCC(COC(=O)CCCCCCCC)OC(=O)CCCCCCCCCCCCCCCCCCCC. The number of ether oxygens (including phenoxy) is 3. The standard InChI is InChI=1S/C67H122O6/c1-4-7-10-13-16-18-20-22-24-26-28-29-30-31-32-33-34-35-36-37-38-39-40-42-43-45-47-49-51-54-57-60-66(69)72-63-64(62-71-65(68)59-56-53-15-12-9-6-3)73-67(70)61-58-55-52-50-48-46-44-41-27-25-23-21-19-17-14-11-8-5-2/h7,10,16,18,22,24,28-29,64H,4-6,8-9,11-15,17,19-21,23,25-27,30-63H2,1-3H3/b10-7-,18-16-,24-22-,29-28-. The van der Waals surface area contributed by atoms with Crippen LogP contribution in [0.1, 0.15) is 342 Å². The van der Waals surface area contributed by atoms with Gasteiger partial charge in [0, 0.05) is 19.3 Å². The number of hydrogen-bond donors (Lipinski definition) is 0. The van der Waals surface area contributed by atoms with Gasteiger partial charge in [0.25, 0.3) is 0 Å². The summed E-state index contributed by atoms with van der Waals surface area (Å²) >= 11 is 0. The van der Waals surface area contributed by atoms with E-state index in [-0.39, 0.29) is 31.1 Å². The van der Waals surface area contributed by atoms with E-state index >= 15 is 0 Å². The van der Waals surface area contributed by atoms with Crippen molar-refractivity contribution in [3.63, 3.8) is 0 Å². The molecule has 0 aromatic heterocycles. The van der Waals surface area contributed by atoms with Crippen LogP contribution >= 0.6 is 0 Å². The zero-order valence-electron chi connectivity index (χ0n) is 48.9. The summed E-state index contributed by atoms with van der Waals surface area (Å²) < 4.78 is 16.8. The third-order valence-corrected chi connectivity index (χ3v) is 14.3. The Morgan fingerprint density at radius 1 is 0.288 bits per heavy atom. The molecule has 1 unspecified atom stereocenters. The fourth-order valence-electron chi connectivity index (χ4n) is 9.56. The van der Waals surface area contributed by atoms with Crippen molar-refractivity contribution < 1.29 is 28.6 Å². The summed E-state index contributed by atoms with van der Waals surface area (Å²) in [6.45, 7) is 6.52. The van der Waals surface area contributed by atoms with Crippen LogP contribution in [0.2, 0.25) is 0 Å². The fraction of sp³-hybridized carbons (Fsp3) is 0.836. The number of carbonyl (C=O) groups is 3. The van der Waals surface area contributed by atoms with E-state index in [1.807, 2.05) is 0 Å². The van der Waals surface area contributed by atoms with Crippen molar-refractivity contribution >= 4 is 17.9 Å². The molecule has 0 fully saturated rings. The van der Waals surface area contributed by atoms with Gasteiger partial charge in [-0.15, -0.1) is 0 Å². The lowest BCUT2D eigenvalue weighted by Gasteiger charge is -2.18. The van der Waals surface area contributed by atoms with Crippen LogP contribution in [0, 0.1) is 0 Å². The van der Waals surface area contributed by atoms with Crippen LogP contribution in [0.25, 0.3) is 0 Å². The van der Waals surface area contributed by atoms with Gasteiger partial charge in [-0.3, -0.25) is 14.4 Å². The monoisotopic (exact) mass is 1020 g/mol. The predicted octanol–water partition coefficient (Wildman–Crippen LogP) is 21.8. The second kappa shape index (κ2) is 61.9. The van der Waals surface area contributed by atoms with E-state index in [1.165, 1.54) is 218 Å². The molecule has 0 spiro atoms. The van der Waals surface area contributed by atoms with Gasteiger partial charge in [0.05, 0.1) is 0 Å².